The maximum absolute atomic E-state index is 13.2. The molecule has 0 aliphatic carbocycles. The monoisotopic (exact) mass is 354 g/mol. The Kier molecular flexibility index (Phi) is 4.89. The van der Waals surface area contributed by atoms with Gasteiger partial charge in [-0.05, 0) is 55.5 Å². The van der Waals surface area contributed by atoms with Crippen molar-refractivity contribution >= 4 is 5.91 Å². The minimum atomic E-state index is -0.327. The standard InChI is InChI=1S/C21H23FN2O2/c22-16-5-2-6-20(10-16)26-13-14-3-1-4-15(9-14)21(25)24-19-11-17-7-8-18(12-19)23-17/h1-6,9-10,17-19,23H,7-8,11-13H2,(H,24,25). The van der Waals surface area contributed by atoms with Crippen LogP contribution in [0.25, 0.3) is 0 Å². The maximum Gasteiger partial charge on any atom is 0.251 e. The number of amides is 1. The van der Waals surface area contributed by atoms with E-state index >= 15 is 0 Å². The van der Waals surface area contributed by atoms with Gasteiger partial charge in [-0.3, -0.25) is 4.79 Å². The molecule has 26 heavy (non-hydrogen) atoms. The molecule has 0 saturated carbocycles. The van der Waals surface area contributed by atoms with Crippen molar-refractivity contribution in [1.29, 1.82) is 0 Å². The highest BCUT2D eigenvalue weighted by atomic mass is 19.1. The molecule has 2 aliphatic rings. The summed E-state index contributed by atoms with van der Waals surface area (Å²) in [5.41, 5.74) is 1.52. The van der Waals surface area contributed by atoms with E-state index in [4.69, 9.17) is 4.74 Å². The smallest absolute Gasteiger partial charge is 0.251 e. The number of rotatable bonds is 5. The van der Waals surface area contributed by atoms with E-state index in [1.54, 1.807) is 12.1 Å². The lowest BCUT2D eigenvalue weighted by Crippen LogP contribution is -2.48. The van der Waals surface area contributed by atoms with E-state index in [1.807, 2.05) is 24.3 Å². The van der Waals surface area contributed by atoms with Crippen LogP contribution in [0.3, 0.4) is 0 Å². The molecular weight excluding hydrogens is 331 g/mol. The van der Waals surface area contributed by atoms with Crippen LogP contribution in [-0.2, 0) is 6.61 Å². The van der Waals surface area contributed by atoms with Gasteiger partial charge in [-0.1, -0.05) is 18.2 Å². The number of benzene rings is 2. The number of fused-ring (bicyclic) bond motifs is 2. The fourth-order valence-corrected chi connectivity index (χ4v) is 3.97. The molecule has 4 nitrogen and oxygen atoms in total. The average molecular weight is 354 g/mol. The highest BCUT2D eigenvalue weighted by Crippen LogP contribution is 2.27. The summed E-state index contributed by atoms with van der Waals surface area (Å²) in [4.78, 5) is 12.6. The van der Waals surface area contributed by atoms with Crippen molar-refractivity contribution in [1.82, 2.24) is 10.6 Å². The predicted molar refractivity (Wildman–Crippen MR) is 97.6 cm³/mol. The summed E-state index contributed by atoms with van der Waals surface area (Å²) in [6.07, 6.45) is 4.43. The van der Waals surface area contributed by atoms with E-state index in [0.29, 0.717) is 30.0 Å². The number of hydrogen-bond acceptors (Lipinski definition) is 3. The van der Waals surface area contributed by atoms with E-state index in [-0.39, 0.29) is 17.8 Å². The predicted octanol–water partition coefficient (Wildman–Crippen LogP) is 3.42. The second kappa shape index (κ2) is 7.46. The Bertz CT molecular complexity index is 783. The molecule has 2 saturated heterocycles. The van der Waals surface area contributed by atoms with Crippen molar-refractivity contribution in [2.75, 3.05) is 0 Å². The Morgan fingerprint density at radius 3 is 2.65 bits per heavy atom. The molecule has 1 amide bonds. The Hall–Kier alpha value is -2.40. The number of ether oxygens (including phenoxy) is 1. The summed E-state index contributed by atoms with van der Waals surface area (Å²) in [5, 5.41) is 6.76. The topological polar surface area (TPSA) is 50.4 Å². The fourth-order valence-electron chi connectivity index (χ4n) is 3.97. The Morgan fingerprint density at radius 2 is 1.88 bits per heavy atom. The highest BCUT2D eigenvalue weighted by molar-refractivity contribution is 5.94. The van der Waals surface area contributed by atoms with Crippen LogP contribution in [0.1, 0.15) is 41.6 Å². The van der Waals surface area contributed by atoms with E-state index in [0.717, 1.165) is 18.4 Å². The van der Waals surface area contributed by atoms with Gasteiger partial charge in [0, 0.05) is 29.8 Å². The highest BCUT2D eigenvalue weighted by Gasteiger charge is 2.34. The lowest BCUT2D eigenvalue weighted by Gasteiger charge is -2.29. The van der Waals surface area contributed by atoms with Crippen LogP contribution >= 0.6 is 0 Å². The number of hydrogen-bond donors (Lipinski definition) is 2. The number of carbonyl (C=O) groups excluding carboxylic acids is 1. The average Bonchev–Trinajstić information content (AvgIpc) is 2.98. The normalized spacial score (nSPS) is 24.3. The largest absolute Gasteiger partial charge is 0.489 e. The summed E-state index contributed by atoms with van der Waals surface area (Å²) in [6, 6.07) is 14.8. The van der Waals surface area contributed by atoms with E-state index in [2.05, 4.69) is 10.6 Å². The van der Waals surface area contributed by atoms with Gasteiger partial charge in [0.2, 0.25) is 0 Å². The van der Waals surface area contributed by atoms with Crippen molar-refractivity contribution in [2.45, 2.75) is 50.4 Å². The molecule has 136 valence electrons. The fraction of sp³-hybridized carbons (Fsp3) is 0.381. The molecule has 2 aliphatic heterocycles. The van der Waals surface area contributed by atoms with Crippen molar-refractivity contribution in [2.24, 2.45) is 0 Å². The van der Waals surface area contributed by atoms with E-state index < -0.39 is 0 Å². The molecule has 2 heterocycles. The third kappa shape index (κ3) is 4.05. The first-order chi connectivity index (χ1) is 12.7. The zero-order chi connectivity index (χ0) is 17.9. The summed E-state index contributed by atoms with van der Waals surface area (Å²) >= 11 is 0. The van der Waals surface area contributed by atoms with E-state index in [9.17, 15) is 9.18 Å². The van der Waals surface area contributed by atoms with Gasteiger partial charge < -0.3 is 15.4 Å². The number of halogens is 1. The molecule has 2 atom stereocenters. The molecule has 2 aromatic carbocycles. The van der Waals surface area contributed by atoms with Gasteiger partial charge in [-0.15, -0.1) is 0 Å². The second-order valence-corrected chi connectivity index (χ2v) is 7.23. The molecule has 2 aromatic rings. The summed E-state index contributed by atoms with van der Waals surface area (Å²) in [7, 11) is 0. The van der Waals surface area contributed by atoms with Crippen LogP contribution in [-0.4, -0.2) is 24.0 Å². The molecule has 0 radical (unpaired) electrons. The van der Waals surface area contributed by atoms with Crippen molar-refractivity contribution in [3.05, 3.63) is 65.5 Å². The van der Waals surface area contributed by atoms with Crippen LogP contribution < -0.4 is 15.4 Å². The van der Waals surface area contributed by atoms with Crippen molar-refractivity contribution in [3.63, 3.8) is 0 Å². The zero-order valence-corrected chi connectivity index (χ0v) is 14.6. The Morgan fingerprint density at radius 1 is 1.12 bits per heavy atom. The third-order valence-electron chi connectivity index (χ3n) is 5.20. The van der Waals surface area contributed by atoms with Crippen molar-refractivity contribution in [3.8, 4) is 5.75 Å². The number of piperidine rings is 1. The van der Waals surface area contributed by atoms with Gasteiger partial charge in [0.05, 0.1) is 0 Å². The van der Waals surface area contributed by atoms with E-state index in [1.165, 1.54) is 25.0 Å². The molecule has 0 spiro atoms. The second-order valence-electron chi connectivity index (χ2n) is 7.23. The van der Waals surface area contributed by atoms with Gasteiger partial charge in [0.1, 0.15) is 18.2 Å². The van der Waals surface area contributed by atoms with Gasteiger partial charge in [-0.2, -0.15) is 0 Å². The lowest BCUT2D eigenvalue weighted by atomic mass is 9.99. The third-order valence-corrected chi connectivity index (χ3v) is 5.20. The molecule has 2 unspecified atom stereocenters. The minimum Gasteiger partial charge on any atom is -0.489 e. The Labute approximate surface area is 152 Å². The van der Waals surface area contributed by atoms with Crippen LogP contribution in [0.4, 0.5) is 4.39 Å². The molecule has 5 heteroatoms. The molecular formula is C21H23FN2O2. The van der Waals surface area contributed by atoms with Gasteiger partial charge in [-0.25, -0.2) is 4.39 Å². The minimum absolute atomic E-state index is 0.0381. The number of carbonyl (C=O) groups is 1. The molecule has 2 N–H and O–H groups in total. The summed E-state index contributed by atoms with van der Waals surface area (Å²) in [6.45, 7) is 0.294. The summed E-state index contributed by atoms with van der Waals surface area (Å²) < 4.78 is 18.8. The van der Waals surface area contributed by atoms with Crippen LogP contribution in [0.15, 0.2) is 48.5 Å². The van der Waals surface area contributed by atoms with Gasteiger partial charge in [0.15, 0.2) is 0 Å². The quantitative estimate of drug-likeness (QED) is 0.865. The number of nitrogens with one attached hydrogen (secondary N) is 2. The maximum atomic E-state index is 13.2. The van der Waals surface area contributed by atoms with Crippen LogP contribution in [0.2, 0.25) is 0 Å². The Balaban J connectivity index is 1.36. The van der Waals surface area contributed by atoms with Gasteiger partial charge >= 0.3 is 0 Å². The van der Waals surface area contributed by atoms with Crippen LogP contribution in [0, 0.1) is 5.82 Å². The lowest BCUT2D eigenvalue weighted by molar-refractivity contribution is 0.0924. The molecule has 4 rings (SSSR count). The van der Waals surface area contributed by atoms with Gasteiger partial charge in [0.25, 0.3) is 5.91 Å². The first kappa shape index (κ1) is 17.0. The van der Waals surface area contributed by atoms with Crippen molar-refractivity contribution < 1.29 is 13.9 Å². The zero-order valence-electron chi connectivity index (χ0n) is 14.6. The summed E-state index contributed by atoms with van der Waals surface area (Å²) in [5.74, 6) is 0.112. The molecule has 2 bridgehead atoms. The van der Waals surface area contributed by atoms with Crippen LogP contribution in [0.5, 0.6) is 5.75 Å². The first-order valence-electron chi connectivity index (χ1n) is 9.20. The molecule has 2 fully saturated rings. The first-order valence-corrected chi connectivity index (χ1v) is 9.20. The molecule has 0 aromatic heterocycles. The SMILES string of the molecule is O=C(NC1CC2CCC(C1)N2)c1cccc(COc2cccc(F)c2)c1.